The zero-order chi connectivity index (χ0) is 15.3. The van der Waals surface area contributed by atoms with Gasteiger partial charge in [0.25, 0.3) is 0 Å². The summed E-state index contributed by atoms with van der Waals surface area (Å²) in [6, 6.07) is 20.5. The Hall–Kier alpha value is -1.29. The van der Waals surface area contributed by atoms with E-state index in [0.29, 0.717) is 0 Å². The van der Waals surface area contributed by atoms with E-state index in [4.69, 9.17) is 8.37 Å². The van der Waals surface area contributed by atoms with Gasteiger partial charge in [-0.2, -0.15) is 0 Å². The van der Waals surface area contributed by atoms with Gasteiger partial charge in [-0.15, -0.1) is 10.6 Å². The molecular weight excluding hydrogens is 280 g/mol. The average Bonchev–Trinajstić information content (AvgIpc) is 2.47. The third-order valence-corrected chi connectivity index (χ3v) is 5.86. The molecule has 2 aromatic rings. The van der Waals surface area contributed by atoms with Crippen LogP contribution in [0.4, 0.5) is 0 Å². The zero-order valence-electron chi connectivity index (χ0n) is 13.2. The summed E-state index contributed by atoms with van der Waals surface area (Å²) in [7, 11) is -1.95. The fourth-order valence-electron chi connectivity index (χ4n) is 2.12. The lowest BCUT2D eigenvalue weighted by molar-refractivity contribution is 0.183. The van der Waals surface area contributed by atoms with E-state index < -0.39 is 10.6 Å². The lowest BCUT2D eigenvalue weighted by Gasteiger charge is -2.45. The molecule has 0 aromatic heterocycles. The van der Waals surface area contributed by atoms with E-state index in [0.717, 1.165) is 9.79 Å². The summed E-state index contributed by atoms with van der Waals surface area (Å²) in [6.07, 6.45) is 0.165. The predicted molar refractivity (Wildman–Crippen MR) is 89.4 cm³/mol. The van der Waals surface area contributed by atoms with Crippen LogP contribution >= 0.6 is 10.6 Å². The Kier molecular flexibility index (Phi) is 5.45. The van der Waals surface area contributed by atoms with E-state index >= 15 is 0 Å². The molecule has 0 aliphatic rings. The highest BCUT2D eigenvalue weighted by molar-refractivity contribution is 8.26. The summed E-state index contributed by atoms with van der Waals surface area (Å²) in [5, 5.41) is 0. The minimum atomic E-state index is -1.95. The lowest BCUT2D eigenvalue weighted by atomic mass is 10.4. The first-order valence-electron chi connectivity index (χ1n) is 7.34. The Balaban J connectivity index is 2.59. The molecule has 0 fully saturated rings. The summed E-state index contributed by atoms with van der Waals surface area (Å²) in [5.41, 5.74) is 0. The van der Waals surface area contributed by atoms with Crippen LogP contribution in [0.15, 0.2) is 70.5 Å². The van der Waals surface area contributed by atoms with Gasteiger partial charge in [0.2, 0.25) is 0 Å². The van der Waals surface area contributed by atoms with Crippen LogP contribution in [0.2, 0.25) is 0 Å². The Labute approximate surface area is 129 Å². The van der Waals surface area contributed by atoms with Crippen molar-refractivity contribution in [1.82, 2.24) is 0 Å². The third-order valence-electron chi connectivity index (χ3n) is 2.76. The normalized spacial score (nSPS) is 12.9. The van der Waals surface area contributed by atoms with E-state index in [2.05, 4.69) is 52.0 Å². The highest BCUT2D eigenvalue weighted by Gasteiger charge is 2.29. The minimum Gasteiger partial charge on any atom is -0.272 e. The van der Waals surface area contributed by atoms with Crippen molar-refractivity contribution in [2.24, 2.45) is 0 Å². The standard InChI is InChI=1S/C18H24O2S/c1-15(2)19-21(20-16(3)4,17-11-7-5-8-12-17)18-13-9-6-10-14-18/h5-16H,1-4H3. The third kappa shape index (κ3) is 3.88. The molecule has 0 unspecified atom stereocenters. The van der Waals surface area contributed by atoms with Gasteiger partial charge in [-0.3, -0.25) is 8.37 Å². The van der Waals surface area contributed by atoms with E-state index in [1.165, 1.54) is 0 Å². The molecule has 3 heteroatoms. The van der Waals surface area contributed by atoms with Gasteiger partial charge in [0.05, 0.1) is 22.0 Å². The first-order chi connectivity index (χ1) is 10.0. The Bertz CT molecular complexity index is 486. The van der Waals surface area contributed by atoms with Crippen molar-refractivity contribution in [3.63, 3.8) is 0 Å². The van der Waals surface area contributed by atoms with Gasteiger partial charge in [0.15, 0.2) is 0 Å². The molecule has 0 aliphatic heterocycles. The predicted octanol–water partition coefficient (Wildman–Crippen LogP) is 5.59. The molecule has 2 aromatic carbocycles. The topological polar surface area (TPSA) is 18.5 Å². The number of benzene rings is 2. The van der Waals surface area contributed by atoms with E-state index in [9.17, 15) is 0 Å². The zero-order valence-corrected chi connectivity index (χ0v) is 14.0. The average molecular weight is 304 g/mol. The van der Waals surface area contributed by atoms with Crippen molar-refractivity contribution < 1.29 is 8.37 Å². The summed E-state index contributed by atoms with van der Waals surface area (Å²) in [6.45, 7) is 8.21. The lowest BCUT2D eigenvalue weighted by Crippen LogP contribution is -2.18. The van der Waals surface area contributed by atoms with Crippen molar-refractivity contribution in [2.75, 3.05) is 0 Å². The number of hydrogen-bond donors (Lipinski definition) is 0. The first kappa shape index (κ1) is 16.1. The van der Waals surface area contributed by atoms with Crippen molar-refractivity contribution in [3.8, 4) is 0 Å². The number of hydrogen-bond acceptors (Lipinski definition) is 2. The van der Waals surface area contributed by atoms with Crippen LogP contribution in [0.1, 0.15) is 27.7 Å². The van der Waals surface area contributed by atoms with Crippen molar-refractivity contribution in [1.29, 1.82) is 0 Å². The fourth-order valence-corrected chi connectivity index (χ4v) is 5.00. The molecule has 0 saturated heterocycles. The molecule has 2 nitrogen and oxygen atoms in total. The maximum atomic E-state index is 6.38. The van der Waals surface area contributed by atoms with Gasteiger partial charge in [0.1, 0.15) is 0 Å². The van der Waals surface area contributed by atoms with Crippen LogP contribution in [-0.4, -0.2) is 12.2 Å². The largest absolute Gasteiger partial charge is 0.272 e. The van der Waals surface area contributed by atoms with Crippen LogP contribution in [0.5, 0.6) is 0 Å². The molecule has 2 rings (SSSR count). The fraction of sp³-hybridized carbons (Fsp3) is 0.333. The highest BCUT2D eigenvalue weighted by Crippen LogP contribution is 2.65. The molecule has 0 bridgehead atoms. The van der Waals surface area contributed by atoms with Gasteiger partial charge in [-0.25, -0.2) is 0 Å². The van der Waals surface area contributed by atoms with Gasteiger partial charge < -0.3 is 0 Å². The van der Waals surface area contributed by atoms with Gasteiger partial charge in [-0.1, -0.05) is 36.4 Å². The van der Waals surface area contributed by atoms with Crippen molar-refractivity contribution >= 4 is 10.6 Å². The summed E-state index contributed by atoms with van der Waals surface area (Å²) < 4.78 is 12.8. The number of rotatable bonds is 6. The maximum absolute atomic E-state index is 6.38. The van der Waals surface area contributed by atoms with Crippen LogP contribution in [-0.2, 0) is 8.37 Å². The second-order valence-electron chi connectivity index (χ2n) is 5.42. The first-order valence-corrected chi connectivity index (χ1v) is 8.83. The van der Waals surface area contributed by atoms with E-state index in [-0.39, 0.29) is 12.2 Å². The summed E-state index contributed by atoms with van der Waals surface area (Å²) in [5.74, 6) is 0. The molecule has 0 radical (unpaired) electrons. The minimum absolute atomic E-state index is 0.0826. The molecular formula is C18H24O2S. The molecule has 0 N–H and O–H groups in total. The van der Waals surface area contributed by atoms with Crippen molar-refractivity contribution in [3.05, 3.63) is 60.7 Å². The van der Waals surface area contributed by atoms with Crippen LogP contribution in [0.3, 0.4) is 0 Å². The molecule has 0 saturated carbocycles. The maximum Gasteiger partial charge on any atom is 0.0774 e. The molecule has 21 heavy (non-hydrogen) atoms. The Morgan fingerprint density at radius 1 is 0.619 bits per heavy atom. The molecule has 0 atom stereocenters. The molecule has 0 spiro atoms. The van der Waals surface area contributed by atoms with Gasteiger partial charge in [-0.05, 0) is 52.0 Å². The van der Waals surface area contributed by atoms with Crippen LogP contribution in [0.25, 0.3) is 0 Å². The SMILES string of the molecule is CC(C)OS(OC(C)C)(c1ccccc1)c1ccccc1. The Morgan fingerprint density at radius 2 is 0.952 bits per heavy atom. The van der Waals surface area contributed by atoms with Crippen LogP contribution in [0, 0.1) is 0 Å². The molecule has 114 valence electrons. The van der Waals surface area contributed by atoms with Gasteiger partial charge >= 0.3 is 0 Å². The quantitative estimate of drug-likeness (QED) is 0.692. The smallest absolute Gasteiger partial charge is 0.0774 e. The molecule has 0 heterocycles. The second kappa shape index (κ2) is 7.12. The summed E-state index contributed by atoms with van der Waals surface area (Å²) >= 11 is 0. The van der Waals surface area contributed by atoms with Crippen LogP contribution < -0.4 is 0 Å². The monoisotopic (exact) mass is 304 g/mol. The highest BCUT2D eigenvalue weighted by atomic mass is 32.3. The van der Waals surface area contributed by atoms with E-state index in [1.807, 2.05) is 36.4 Å². The summed E-state index contributed by atoms with van der Waals surface area (Å²) in [4.78, 5) is 2.19. The molecule has 0 amide bonds. The Morgan fingerprint density at radius 3 is 1.24 bits per heavy atom. The van der Waals surface area contributed by atoms with Crippen molar-refractivity contribution in [2.45, 2.75) is 49.7 Å². The second-order valence-corrected chi connectivity index (χ2v) is 7.75. The van der Waals surface area contributed by atoms with E-state index in [1.54, 1.807) is 0 Å². The van der Waals surface area contributed by atoms with Gasteiger partial charge in [0, 0.05) is 0 Å². The molecule has 0 aliphatic carbocycles.